The van der Waals surface area contributed by atoms with E-state index in [0.717, 1.165) is 19.1 Å². The summed E-state index contributed by atoms with van der Waals surface area (Å²) in [5, 5.41) is 0. The van der Waals surface area contributed by atoms with Crippen LogP contribution in [0.4, 0.5) is 0 Å². The second kappa shape index (κ2) is 9.00. The smallest absolute Gasteiger partial charge is 0.0622 e. The number of piperidine rings is 1. The van der Waals surface area contributed by atoms with Crippen molar-refractivity contribution in [2.75, 3.05) is 20.3 Å². The zero-order valence-electron chi connectivity index (χ0n) is 12.1. The number of hydrogen-bond donors (Lipinski definition) is 0. The monoisotopic (exact) mass is 229 g/mol. The minimum Gasteiger partial charge on any atom is -0.378 e. The van der Waals surface area contributed by atoms with E-state index in [-0.39, 0.29) is 0 Å². The lowest BCUT2D eigenvalue weighted by atomic mass is 9.84. The maximum absolute atomic E-state index is 5.56. The Morgan fingerprint density at radius 2 is 1.44 bits per heavy atom. The van der Waals surface area contributed by atoms with E-state index in [1.54, 1.807) is 0 Å². The molecular weight excluding hydrogens is 198 g/mol. The molecule has 2 atom stereocenters. The molecule has 2 rings (SSSR count). The highest BCUT2D eigenvalue weighted by molar-refractivity contribution is 4.89. The number of likely N-dealkylation sites (N-methyl/N-ethyl adjacent to an activating group) is 1. The predicted octanol–water partition coefficient (Wildman–Crippen LogP) is 3.56. The van der Waals surface area contributed by atoms with Gasteiger partial charge in [-0.15, -0.1) is 0 Å². The van der Waals surface area contributed by atoms with Crippen LogP contribution in [0.1, 0.15) is 53.9 Å². The third-order valence-corrected chi connectivity index (χ3v) is 3.56. The van der Waals surface area contributed by atoms with Crippen LogP contribution in [0.15, 0.2) is 0 Å². The molecule has 2 fully saturated rings. The highest BCUT2D eigenvalue weighted by Crippen LogP contribution is 2.31. The lowest BCUT2D eigenvalue weighted by Crippen LogP contribution is -2.54. The molecule has 0 aromatic carbocycles. The van der Waals surface area contributed by atoms with Crippen molar-refractivity contribution < 1.29 is 4.74 Å². The van der Waals surface area contributed by atoms with Gasteiger partial charge in [0, 0.05) is 12.1 Å². The molecule has 2 nitrogen and oxygen atoms in total. The van der Waals surface area contributed by atoms with Crippen LogP contribution in [0.2, 0.25) is 0 Å². The molecule has 0 radical (unpaired) electrons. The third-order valence-electron chi connectivity index (χ3n) is 3.56. The van der Waals surface area contributed by atoms with Gasteiger partial charge >= 0.3 is 0 Å². The van der Waals surface area contributed by atoms with E-state index in [1.165, 1.54) is 19.3 Å². The van der Waals surface area contributed by atoms with Crippen LogP contribution < -0.4 is 0 Å². The molecule has 0 spiro atoms. The molecule has 0 aliphatic carbocycles. The Kier molecular flexibility index (Phi) is 8.96. The quantitative estimate of drug-likeness (QED) is 0.681. The SMILES string of the molecule is CC.CC.CCC1CC2COCC(C1)N2C. The first-order valence-corrected chi connectivity index (χ1v) is 7.11. The summed E-state index contributed by atoms with van der Waals surface area (Å²) in [5.74, 6) is 0.958. The van der Waals surface area contributed by atoms with Gasteiger partial charge in [0.05, 0.1) is 13.2 Å². The van der Waals surface area contributed by atoms with Crippen LogP contribution in [-0.2, 0) is 4.74 Å². The summed E-state index contributed by atoms with van der Waals surface area (Å²) < 4.78 is 5.56. The summed E-state index contributed by atoms with van der Waals surface area (Å²) in [5.41, 5.74) is 0. The van der Waals surface area contributed by atoms with E-state index in [2.05, 4.69) is 18.9 Å². The largest absolute Gasteiger partial charge is 0.378 e. The van der Waals surface area contributed by atoms with Crippen molar-refractivity contribution in [3.8, 4) is 0 Å². The number of rotatable bonds is 1. The number of fused-ring (bicyclic) bond motifs is 2. The zero-order valence-corrected chi connectivity index (χ0v) is 12.1. The Balaban J connectivity index is 0.000000509. The summed E-state index contributed by atoms with van der Waals surface area (Å²) in [6.07, 6.45) is 4.05. The van der Waals surface area contributed by atoms with Crippen molar-refractivity contribution in [1.82, 2.24) is 4.90 Å². The molecule has 0 amide bonds. The van der Waals surface area contributed by atoms with E-state index in [4.69, 9.17) is 4.74 Å². The predicted molar refractivity (Wildman–Crippen MR) is 71.9 cm³/mol. The van der Waals surface area contributed by atoms with Gasteiger partial charge in [-0.1, -0.05) is 41.0 Å². The van der Waals surface area contributed by atoms with Crippen LogP contribution in [0.3, 0.4) is 0 Å². The van der Waals surface area contributed by atoms with Crippen molar-refractivity contribution in [3.05, 3.63) is 0 Å². The summed E-state index contributed by atoms with van der Waals surface area (Å²) in [6, 6.07) is 1.42. The van der Waals surface area contributed by atoms with Crippen LogP contribution in [0.25, 0.3) is 0 Å². The molecule has 2 unspecified atom stereocenters. The van der Waals surface area contributed by atoms with Gasteiger partial charge in [0.2, 0.25) is 0 Å². The molecule has 98 valence electrons. The van der Waals surface area contributed by atoms with Crippen LogP contribution in [-0.4, -0.2) is 37.2 Å². The van der Waals surface area contributed by atoms with Crippen molar-refractivity contribution in [1.29, 1.82) is 0 Å². The van der Waals surface area contributed by atoms with E-state index in [0.29, 0.717) is 12.1 Å². The maximum Gasteiger partial charge on any atom is 0.0622 e. The Hall–Kier alpha value is -0.0800. The molecule has 2 bridgehead atoms. The van der Waals surface area contributed by atoms with E-state index in [9.17, 15) is 0 Å². The molecular formula is C14H31NO. The summed E-state index contributed by atoms with van der Waals surface area (Å²) >= 11 is 0. The average molecular weight is 229 g/mol. The van der Waals surface area contributed by atoms with Crippen molar-refractivity contribution >= 4 is 0 Å². The van der Waals surface area contributed by atoms with Gasteiger partial charge in [-0.25, -0.2) is 0 Å². The molecule has 2 heterocycles. The fraction of sp³-hybridized carbons (Fsp3) is 1.00. The fourth-order valence-corrected chi connectivity index (χ4v) is 2.54. The highest BCUT2D eigenvalue weighted by atomic mass is 16.5. The lowest BCUT2D eigenvalue weighted by molar-refractivity contribution is -0.0750. The molecule has 0 aromatic rings. The van der Waals surface area contributed by atoms with Gasteiger partial charge in [0.15, 0.2) is 0 Å². The van der Waals surface area contributed by atoms with E-state index in [1.807, 2.05) is 27.7 Å². The third kappa shape index (κ3) is 4.06. The van der Waals surface area contributed by atoms with Crippen molar-refractivity contribution in [2.24, 2.45) is 5.92 Å². The Bertz CT molecular complexity index is 147. The number of hydrogen-bond acceptors (Lipinski definition) is 2. The van der Waals surface area contributed by atoms with Crippen LogP contribution in [0.5, 0.6) is 0 Å². The van der Waals surface area contributed by atoms with Gasteiger partial charge < -0.3 is 4.74 Å². The van der Waals surface area contributed by atoms with Crippen molar-refractivity contribution in [2.45, 2.75) is 66.0 Å². The molecule has 2 heteroatoms. The van der Waals surface area contributed by atoms with Crippen molar-refractivity contribution in [3.63, 3.8) is 0 Å². The van der Waals surface area contributed by atoms with Gasteiger partial charge in [0.1, 0.15) is 0 Å². The standard InChI is InChI=1S/C10H19NO.2C2H6/c1-3-8-4-9-6-12-7-10(5-8)11(9)2;2*1-2/h8-10H,3-7H2,1-2H3;2*1-2H3. The fourth-order valence-electron chi connectivity index (χ4n) is 2.54. The molecule has 2 saturated heterocycles. The first kappa shape index (κ1) is 15.9. The number of nitrogens with zero attached hydrogens (tertiary/aromatic N) is 1. The second-order valence-corrected chi connectivity index (χ2v) is 4.26. The van der Waals surface area contributed by atoms with Crippen LogP contribution >= 0.6 is 0 Å². The lowest BCUT2D eigenvalue weighted by Gasteiger charge is -2.46. The minimum atomic E-state index is 0.711. The highest BCUT2D eigenvalue weighted by Gasteiger charge is 2.35. The normalized spacial score (nSPS) is 33.0. The first-order valence-electron chi connectivity index (χ1n) is 7.11. The molecule has 16 heavy (non-hydrogen) atoms. The second-order valence-electron chi connectivity index (χ2n) is 4.26. The van der Waals surface area contributed by atoms with Gasteiger partial charge in [-0.3, -0.25) is 4.90 Å². The molecule has 0 N–H and O–H groups in total. The Morgan fingerprint density at radius 1 is 1.00 bits per heavy atom. The Labute approximate surface area is 102 Å². The molecule has 2 aliphatic rings. The van der Waals surface area contributed by atoms with Gasteiger partial charge in [-0.2, -0.15) is 0 Å². The zero-order chi connectivity index (χ0) is 12.6. The minimum absolute atomic E-state index is 0.711. The Morgan fingerprint density at radius 3 is 1.81 bits per heavy atom. The van der Waals surface area contributed by atoms with Crippen LogP contribution in [0, 0.1) is 5.92 Å². The first-order chi connectivity index (χ1) is 7.81. The maximum atomic E-state index is 5.56. The summed E-state index contributed by atoms with van der Waals surface area (Å²) in [4.78, 5) is 2.52. The molecule has 0 saturated carbocycles. The summed E-state index contributed by atoms with van der Waals surface area (Å²) in [6.45, 7) is 12.2. The van der Waals surface area contributed by atoms with E-state index >= 15 is 0 Å². The molecule has 2 aliphatic heterocycles. The average Bonchev–Trinajstić information content (AvgIpc) is 2.34. The molecule has 0 aromatic heterocycles. The van der Waals surface area contributed by atoms with Gasteiger partial charge in [0.25, 0.3) is 0 Å². The van der Waals surface area contributed by atoms with E-state index < -0.39 is 0 Å². The topological polar surface area (TPSA) is 12.5 Å². The van der Waals surface area contributed by atoms with Gasteiger partial charge in [-0.05, 0) is 25.8 Å². The summed E-state index contributed by atoms with van der Waals surface area (Å²) in [7, 11) is 2.25. The number of morpholine rings is 1. The number of ether oxygens (including phenoxy) is 1.